The Kier molecular flexibility index (Phi) is 4.18. The number of hydrogen-bond donors (Lipinski definition) is 1. The molecule has 2 heterocycles. The van der Waals surface area contributed by atoms with E-state index in [4.69, 9.17) is 0 Å². The highest BCUT2D eigenvalue weighted by Crippen LogP contribution is 2.15. The lowest BCUT2D eigenvalue weighted by atomic mass is 10.1. The highest BCUT2D eigenvalue weighted by atomic mass is 16.1. The number of anilines is 1. The van der Waals surface area contributed by atoms with Gasteiger partial charge in [-0.1, -0.05) is 12.1 Å². The Hall–Kier alpha value is -2.96. The zero-order valence-corrected chi connectivity index (χ0v) is 13.0. The number of carbonyl (C=O) groups excluding carboxylic acids is 1. The van der Waals surface area contributed by atoms with Crippen molar-refractivity contribution in [3.05, 3.63) is 60.3 Å². The summed E-state index contributed by atoms with van der Waals surface area (Å²) in [6.07, 6.45) is 4.84. The lowest BCUT2D eigenvalue weighted by Crippen LogP contribution is -2.16. The fourth-order valence-electron chi connectivity index (χ4n) is 2.28. The first-order chi connectivity index (χ1) is 11.1. The minimum atomic E-state index is -0.153. The van der Waals surface area contributed by atoms with Crippen LogP contribution in [0.4, 0.5) is 5.82 Å². The maximum absolute atomic E-state index is 12.3. The minimum absolute atomic E-state index is 0.153. The Morgan fingerprint density at radius 1 is 1.17 bits per heavy atom. The van der Waals surface area contributed by atoms with Crippen LogP contribution in [0.5, 0.6) is 0 Å². The van der Waals surface area contributed by atoms with E-state index in [9.17, 15) is 4.79 Å². The van der Waals surface area contributed by atoms with Gasteiger partial charge in [0.2, 0.25) is 0 Å². The lowest BCUT2D eigenvalue weighted by Gasteiger charge is -2.12. The lowest BCUT2D eigenvalue weighted by molar-refractivity contribution is 0.102. The van der Waals surface area contributed by atoms with E-state index in [1.807, 2.05) is 26.0 Å². The van der Waals surface area contributed by atoms with Crippen LogP contribution >= 0.6 is 0 Å². The Morgan fingerprint density at radius 3 is 2.61 bits per heavy atom. The first-order valence-electron chi connectivity index (χ1n) is 7.39. The van der Waals surface area contributed by atoms with E-state index in [0.29, 0.717) is 17.9 Å². The number of amides is 1. The van der Waals surface area contributed by atoms with Gasteiger partial charge in [0.15, 0.2) is 0 Å². The van der Waals surface area contributed by atoms with Gasteiger partial charge in [0, 0.05) is 17.7 Å². The van der Waals surface area contributed by atoms with E-state index in [1.54, 1.807) is 40.1 Å². The van der Waals surface area contributed by atoms with Crippen LogP contribution in [0.1, 0.15) is 35.8 Å². The third-order valence-corrected chi connectivity index (χ3v) is 3.43. The molecule has 1 N–H and O–H groups in total. The van der Waals surface area contributed by atoms with Crippen molar-refractivity contribution < 1.29 is 4.79 Å². The number of rotatable bonds is 5. The SMILES string of the molecule is CC(C)n1nccc1NC(=O)c1ccc(Cn2cncn2)cc1. The highest BCUT2D eigenvalue weighted by Gasteiger charge is 2.11. The molecule has 0 saturated heterocycles. The van der Waals surface area contributed by atoms with E-state index in [2.05, 4.69) is 20.5 Å². The van der Waals surface area contributed by atoms with Crippen molar-refractivity contribution in [2.75, 3.05) is 5.32 Å². The second kappa shape index (κ2) is 6.43. The predicted molar refractivity (Wildman–Crippen MR) is 86.1 cm³/mol. The summed E-state index contributed by atoms with van der Waals surface area (Å²) in [5, 5.41) is 11.2. The van der Waals surface area contributed by atoms with Crippen LogP contribution in [0.2, 0.25) is 0 Å². The number of aromatic nitrogens is 5. The molecule has 7 heteroatoms. The number of nitrogens with zero attached hydrogens (tertiary/aromatic N) is 5. The van der Waals surface area contributed by atoms with Gasteiger partial charge in [0.25, 0.3) is 5.91 Å². The number of carbonyl (C=O) groups is 1. The van der Waals surface area contributed by atoms with Gasteiger partial charge in [-0.3, -0.25) is 4.79 Å². The first kappa shape index (κ1) is 15.0. The van der Waals surface area contributed by atoms with Crippen molar-refractivity contribution in [3.8, 4) is 0 Å². The molecule has 0 aliphatic heterocycles. The molecule has 0 radical (unpaired) electrons. The molecule has 0 bridgehead atoms. The molecule has 0 aliphatic rings. The summed E-state index contributed by atoms with van der Waals surface area (Å²) in [5.41, 5.74) is 1.66. The van der Waals surface area contributed by atoms with E-state index < -0.39 is 0 Å². The van der Waals surface area contributed by atoms with Gasteiger partial charge in [-0.05, 0) is 31.5 Å². The minimum Gasteiger partial charge on any atom is -0.307 e. The Morgan fingerprint density at radius 2 is 1.96 bits per heavy atom. The third kappa shape index (κ3) is 3.45. The van der Waals surface area contributed by atoms with Crippen LogP contribution in [0, 0.1) is 0 Å². The van der Waals surface area contributed by atoms with E-state index in [1.165, 1.54) is 6.33 Å². The summed E-state index contributed by atoms with van der Waals surface area (Å²) in [4.78, 5) is 16.2. The summed E-state index contributed by atoms with van der Waals surface area (Å²) >= 11 is 0. The van der Waals surface area contributed by atoms with Crippen LogP contribution in [0.3, 0.4) is 0 Å². The average Bonchev–Trinajstić information content (AvgIpc) is 3.19. The zero-order valence-electron chi connectivity index (χ0n) is 13.0. The van der Waals surface area contributed by atoms with Crippen molar-refractivity contribution in [2.24, 2.45) is 0 Å². The third-order valence-electron chi connectivity index (χ3n) is 3.43. The van der Waals surface area contributed by atoms with Crippen molar-refractivity contribution >= 4 is 11.7 Å². The normalized spacial score (nSPS) is 10.9. The molecule has 7 nitrogen and oxygen atoms in total. The molecular weight excluding hydrogens is 292 g/mol. The molecule has 0 atom stereocenters. The molecule has 2 aromatic heterocycles. The summed E-state index contributed by atoms with van der Waals surface area (Å²) < 4.78 is 3.51. The Balaban J connectivity index is 1.69. The van der Waals surface area contributed by atoms with Gasteiger partial charge in [-0.25, -0.2) is 14.3 Å². The van der Waals surface area contributed by atoms with Gasteiger partial charge in [-0.15, -0.1) is 0 Å². The number of nitrogens with one attached hydrogen (secondary N) is 1. The van der Waals surface area contributed by atoms with Crippen LogP contribution in [0.25, 0.3) is 0 Å². The standard InChI is InChI=1S/C16H18N6O/c1-12(2)22-15(7-8-18-22)20-16(23)14-5-3-13(4-6-14)9-21-11-17-10-19-21/h3-8,10-12H,9H2,1-2H3,(H,20,23). The van der Waals surface area contributed by atoms with Crippen LogP contribution in [0.15, 0.2) is 49.2 Å². The van der Waals surface area contributed by atoms with E-state index in [-0.39, 0.29) is 11.9 Å². The second-order valence-electron chi connectivity index (χ2n) is 5.50. The largest absolute Gasteiger partial charge is 0.307 e. The Labute approximate surface area is 134 Å². The topological polar surface area (TPSA) is 77.6 Å². The molecule has 23 heavy (non-hydrogen) atoms. The molecule has 118 valence electrons. The highest BCUT2D eigenvalue weighted by molar-refractivity contribution is 6.03. The van der Waals surface area contributed by atoms with Crippen LogP contribution in [-0.2, 0) is 6.54 Å². The number of benzene rings is 1. The van der Waals surface area contributed by atoms with Gasteiger partial charge in [0.1, 0.15) is 18.5 Å². The van der Waals surface area contributed by atoms with Gasteiger partial charge >= 0.3 is 0 Å². The molecule has 3 aromatic rings. The predicted octanol–water partition coefficient (Wildman–Crippen LogP) is 2.36. The molecule has 1 amide bonds. The maximum atomic E-state index is 12.3. The molecule has 0 unspecified atom stereocenters. The van der Waals surface area contributed by atoms with Crippen molar-refractivity contribution in [3.63, 3.8) is 0 Å². The molecule has 0 aliphatic carbocycles. The molecule has 1 aromatic carbocycles. The van der Waals surface area contributed by atoms with Gasteiger partial charge in [0.05, 0.1) is 12.7 Å². The van der Waals surface area contributed by atoms with Gasteiger partial charge < -0.3 is 5.32 Å². The van der Waals surface area contributed by atoms with Crippen molar-refractivity contribution in [2.45, 2.75) is 26.4 Å². The summed E-state index contributed by atoms with van der Waals surface area (Å²) in [5.74, 6) is 0.538. The summed E-state index contributed by atoms with van der Waals surface area (Å²) in [6.45, 7) is 4.66. The monoisotopic (exact) mass is 310 g/mol. The van der Waals surface area contributed by atoms with E-state index in [0.717, 1.165) is 5.56 Å². The van der Waals surface area contributed by atoms with E-state index >= 15 is 0 Å². The second-order valence-corrected chi connectivity index (χ2v) is 5.50. The summed E-state index contributed by atoms with van der Waals surface area (Å²) in [7, 11) is 0. The molecule has 3 rings (SSSR count). The smallest absolute Gasteiger partial charge is 0.256 e. The molecular formula is C16H18N6O. The first-order valence-corrected chi connectivity index (χ1v) is 7.39. The fourth-order valence-corrected chi connectivity index (χ4v) is 2.28. The van der Waals surface area contributed by atoms with Crippen LogP contribution in [-0.4, -0.2) is 30.5 Å². The fraction of sp³-hybridized carbons (Fsp3) is 0.250. The van der Waals surface area contributed by atoms with Crippen molar-refractivity contribution in [1.29, 1.82) is 0 Å². The summed E-state index contributed by atoms with van der Waals surface area (Å²) in [6, 6.07) is 9.41. The van der Waals surface area contributed by atoms with Gasteiger partial charge in [-0.2, -0.15) is 10.2 Å². The molecule has 0 saturated carbocycles. The molecule has 0 spiro atoms. The van der Waals surface area contributed by atoms with Crippen LogP contribution < -0.4 is 5.32 Å². The zero-order chi connectivity index (χ0) is 16.2. The average molecular weight is 310 g/mol. The maximum Gasteiger partial charge on any atom is 0.256 e. The Bertz CT molecular complexity index is 773. The molecule has 0 fully saturated rings. The number of hydrogen-bond acceptors (Lipinski definition) is 4. The van der Waals surface area contributed by atoms with Crippen molar-refractivity contribution in [1.82, 2.24) is 24.5 Å². The quantitative estimate of drug-likeness (QED) is 0.784.